The van der Waals surface area contributed by atoms with Crippen molar-refractivity contribution in [1.82, 2.24) is 0 Å². The minimum atomic E-state index is -1.04. The molecule has 2 rings (SSSR count). The minimum Gasteiger partial charge on any atom is -0.463 e. The van der Waals surface area contributed by atoms with Crippen LogP contribution in [0.3, 0.4) is 0 Å². The molecule has 0 aromatic carbocycles. The zero-order chi connectivity index (χ0) is 17.9. The summed E-state index contributed by atoms with van der Waals surface area (Å²) in [4.78, 5) is 34.0. The summed E-state index contributed by atoms with van der Waals surface area (Å²) in [5.74, 6) is -1.55. The quantitative estimate of drug-likeness (QED) is 0.722. The molecule has 2 aliphatic rings. The summed E-state index contributed by atoms with van der Waals surface area (Å²) in [5.41, 5.74) is 4.71. The van der Waals surface area contributed by atoms with E-state index in [0.717, 1.165) is 0 Å². The number of esters is 2. The van der Waals surface area contributed by atoms with E-state index >= 15 is 0 Å². The molecule has 7 nitrogen and oxygen atoms in total. The van der Waals surface area contributed by atoms with Gasteiger partial charge in [0.2, 0.25) is 5.91 Å². The van der Waals surface area contributed by atoms with Crippen LogP contribution in [0.25, 0.3) is 0 Å². The van der Waals surface area contributed by atoms with E-state index in [-0.39, 0.29) is 12.5 Å². The van der Waals surface area contributed by atoms with Crippen molar-refractivity contribution < 1.29 is 29.0 Å². The SMILES string of the molecule is CC(=O)OCC1(O)CCC(C2=C/C(=C/C(C)C(N)=O)OC2=O)CC1. The highest BCUT2D eigenvalue weighted by atomic mass is 16.5. The summed E-state index contributed by atoms with van der Waals surface area (Å²) >= 11 is 0. The van der Waals surface area contributed by atoms with Gasteiger partial charge in [-0.3, -0.25) is 9.59 Å². The number of carbonyl (C=O) groups excluding carboxylic acids is 3. The minimum absolute atomic E-state index is 0.0233. The molecule has 0 bridgehead atoms. The zero-order valence-corrected chi connectivity index (χ0v) is 13.9. The average molecular weight is 337 g/mol. The van der Waals surface area contributed by atoms with Crippen molar-refractivity contribution in [2.75, 3.05) is 6.61 Å². The number of carbonyl (C=O) groups is 3. The number of hydrogen-bond acceptors (Lipinski definition) is 6. The van der Waals surface area contributed by atoms with Gasteiger partial charge in [-0.15, -0.1) is 0 Å². The Morgan fingerprint density at radius 3 is 2.67 bits per heavy atom. The van der Waals surface area contributed by atoms with Crippen LogP contribution in [0.15, 0.2) is 23.5 Å². The fourth-order valence-corrected chi connectivity index (χ4v) is 2.95. The number of cyclic esters (lactones) is 1. The van der Waals surface area contributed by atoms with Gasteiger partial charge in [0, 0.05) is 12.5 Å². The van der Waals surface area contributed by atoms with Crippen molar-refractivity contribution in [2.45, 2.75) is 45.1 Å². The van der Waals surface area contributed by atoms with Crippen molar-refractivity contribution in [3.8, 4) is 0 Å². The second-order valence-electron chi connectivity index (χ2n) is 6.53. The maximum Gasteiger partial charge on any atom is 0.339 e. The summed E-state index contributed by atoms with van der Waals surface area (Å²) in [6, 6.07) is 0. The Balaban J connectivity index is 1.99. The monoisotopic (exact) mass is 337 g/mol. The van der Waals surface area contributed by atoms with Crippen LogP contribution in [-0.4, -0.2) is 35.2 Å². The molecule has 1 saturated carbocycles. The van der Waals surface area contributed by atoms with Gasteiger partial charge < -0.3 is 20.3 Å². The average Bonchev–Trinajstić information content (AvgIpc) is 2.86. The van der Waals surface area contributed by atoms with Gasteiger partial charge in [-0.1, -0.05) is 0 Å². The van der Waals surface area contributed by atoms with Crippen LogP contribution in [0.1, 0.15) is 39.5 Å². The van der Waals surface area contributed by atoms with E-state index in [1.165, 1.54) is 13.0 Å². The van der Waals surface area contributed by atoms with E-state index in [1.54, 1.807) is 13.0 Å². The number of hydrogen-bond donors (Lipinski definition) is 2. The standard InChI is InChI=1S/C17H23NO6/c1-10(15(18)20)7-13-8-14(16(21)24-13)12-3-5-17(22,6-4-12)9-23-11(2)19/h7-8,10,12,22H,3-6,9H2,1-2H3,(H2,18,20)/b13-7-. The smallest absolute Gasteiger partial charge is 0.339 e. The lowest BCUT2D eigenvalue weighted by Gasteiger charge is -2.35. The highest BCUT2D eigenvalue weighted by molar-refractivity contribution is 5.93. The molecule has 1 aliphatic heterocycles. The van der Waals surface area contributed by atoms with Crippen molar-refractivity contribution in [3.05, 3.63) is 23.5 Å². The lowest BCUT2D eigenvalue weighted by atomic mass is 9.76. The molecule has 1 aliphatic carbocycles. The van der Waals surface area contributed by atoms with Crippen LogP contribution < -0.4 is 5.73 Å². The Morgan fingerprint density at radius 1 is 1.50 bits per heavy atom. The number of rotatable bonds is 5. The predicted octanol–water partition coefficient (Wildman–Crippen LogP) is 0.959. The first kappa shape index (κ1) is 18.2. The first-order valence-corrected chi connectivity index (χ1v) is 8.01. The van der Waals surface area contributed by atoms with Gasteiger partial charge in [-0.2, -0.15) is 0 Å². The van der Waals surface area contributed by atoms with E-state index in [4.69, 9.17) is 15.2 Å². The van der Waals surface area contributed by atoms with Crippen molar-refractivity contribution in [1.29, 1.82) is 0 Å². The Morgan fingerprint density at radius 2 is 2.12 bits per heavy atom. The summed E-state index contributed by atoms with van der Waals surface area (Å²) in [5, 5.41) is 10.4. The van der Waals surface area contributed by atoms with Gasteiger partial charge in [-0.05, 0) is 50.7 Å². The van der Waals surface area contributed by atoms with Crippen LogP contribution >= 0.6 is 0 Å². The molecule has 1 atom stereocenters. The molecule has 3 N–H and O–H groups in total. The van der Waals surface area contributed by atoms with Crippen LogP contribution in [0.5, 0.6) is 0 Å². The van der Waals surface area contributed by atoms with E-state index < -0.39 is 29.4 Å². The van der Waals surface area contributed by atoms with Crippen LogP contribution in [0.4, 0.5) is 0 Å². The van der Waals surface area contributed by atoms with Gasteiger partial charge in [0.25, 0.3) is 0 Å². The van der Waals surface area contributed by atoms with E-state index in [1.807, 2.05) is 0 Å². The molecule has 24 heavy (non-hydrogen) atoms. The second-order valence-corrected chi connectivity index (χ2v) is 6.53. The summed E-state index contributed by atoms with van der Waals surface area (Å²) in [6.07, 6.45) is 5.23. The van der Waals surface area contributed by atoms with E-state index in [2.05, 4.69) is 0 Å². The fourth-order valence-electron chi connectivity index (χ4n) is 2.95. The molecule has 1 amide bonds. The maximum absolute atomic E-state index is 12.0. The molecule has 132 valence electrons. The first-order valence-electron chi connectivity index (χ1n) is 8.01. The van der Waals surface area contributed by atoms with E-state index in [0.29, 0.717) is 37.0 Å². The Kier molecular flexibility index (Phi) is 5.43. The summed E-state index contributed by atoms with van der Waals surface area (Å²) < 4.78 is 10.1. The number of allylic oxidation sites excluding steroid dienone is 1. The molecule has 0 spiro atoms. The summed E-state index contributed by atoms with van der Waals surface area (Å²) in [6.45, 7) is 2.90. The Bertz CT molecular complexity index is 598. The zero-order valence-electron chi connectivity index (χ0n) is 13.9. The van der Waals surface area contributed by atoms with Crippen molar-refractivity contribution in [3.63, 3.8) is 0 Å². The second kappa shape index (κ2) is 7.17. The number of ether oxygens (including phenoxy) is 2. The van der Waals surface area contributed by atoms with Crippen LogP contribution in [0, 0.1) is 11.8 Å². The summed E-state index contributed by atoms with van der Waals surface area (Å²) in [7, 11) is 0. The third-order valence-corrected chi connectivity index (χ3v) is 4.51. The number of amides is 1. The van der Waals surface area contributed by atoms with Gasteiger partial charge in [0.1, 0.15) is 12.4 Å². The molecule has 1 fully saturated rings. The predicted molar refractivity (Wildman–Crippen MR) is 84.2 cm³/mol. The van der Waals surface area contributed by atoms with Gasteiger partial charge in [-0.25, -0.2) is 4.79 Å². The van der Waals surface area contributed by atoms with Crippen LogP contribution in [-0.2, 0) is 23.9 Å². The van der Waals surface area contributed by atoms with E-state index in [9.17, 15) is 19.5 Å². The van der Waals surface area contributed by atoms with Gasteiger partial charge in [0.15, 0.2) is 0 Å². The number of nitrogens with two attached hydrogens (primary N) is 1. The number of aliphatic hydroxyl groups is 1. The third-order valence-electron chi connectivity index (χ3n) is 4.51. The highest BCUT2D eigenvalue weighted by Crippen LogP contribution is 2.38. The molecule has 0 saturated heterocycles. The number of primary amides is 1. The maximum atomic E-state index is 12.0. The van der Waals surface area contributed by atoms with Crippen molar-refractivity contribution >= 4 is 17.8 Å². The Hall–Kier alpha value is -2.15. The molecule has 0 aromatic rings. The third kappa shape index (κ3) is 4.44. The molecule has 1 heterocycles. The molecule has 1 unspecified atom stereocenters. The lowest BCUT2D eigenvalue weighted by molar-refractivity contribution is -0.151. The first-order chi connectivity index (χ1) is 11.2. The van der Waals surface area contributed by atoms with Gasteiger partial charge >= 0.3 is 11.9 Å². The normalized spacial score (nSPS) is 29.8. The Labute approximate surface area is 140 Å². The largest absolute Gasteiger partial charge is 0.463 e. The molecule has 7 heteroatoms. The van der Waals surface area contributed by atoms with Crippen LogP contribution in [0.2, 0.25) is 0 Å². The molecule has 0 radical (unpaired) electrons. The van der Waals surface area contributed by atoms with Crippen molar-refractivity contribution in [2.24, 2.45) is 17.6 Å². The van der Waals surface area contributed by atoms with Gasteiger partial charge in [0.05, 0.1) is 11.5 Å². The fraction of sp³-hybridized carbons (Fsp3) is 0.588. The highest BCUT2D eigenvalue weighted by Gasteiger charge is 2.38. The molecular weight excluding hydrogens is 314 g/mol. The topological polar surface area (TPSA) is 116 Å². The molecular formula is C17H23NO6. The lowest BCUT2D eigenvalue weighted by Crippen LogP contribution is -2.39. The molecule has 0 aromatic heterocycles.